The lowest BCUT2D eigenvalue weighted by Gasteiger charge is -2.34. The number of hydrogen-bond donors (Lipinski definition) is 1. The minimum Gasteiger partial charge on any atom is -0.348 e. The van der Waals surface area contributed by atoms with E-state index in [0.29, 0.717) is 6.54 Å². The maximum Gasteiger partial charge on any atom is 0.236 e. The van der Waals surface area contributed by atoms with E-state index in [4.69, 9.17) is 4.98 Å². The third kappa shape index (κ3) is 4.56. The second-order valence-corrected chi connectivity index (χ2v) is 8.16. The molecule has 1 unspecified atom stereocenters. The maximum absolute atomic E-state index is 12.2. The Bertz CT molecular complexity index is 775. The van der Waals surface area contributed by atoms with Crippen LogP contribution in [-0.4, -0.2) is 57.8 Å². The molecule has 7 nitrogen and oxygen atoms in total. The van der Waals surface area contributed by atoms with Gasteiger partial charge in [0.05, 0.1) is 12.6 Å². The van der Waals surface area contributed by atoms with Crippen molar-refractivity contribution in [3.05, 3.63) is 28.7 Å². The summed E-state index contributed by atoms with van der Waals surface area (Å²) in [5.41, 5.74) is 0.912. The van der Waals surface area contributed by atoms with Crippen LogP contribution in [0.5, 0.6) is 0 Å². The van der Waals surface area contributed by atoms with Gasteiger partial charge in [0.1, 0.15) is 11.6 Å². The lowest BCUT2D eigenvalue weighted by molar-refractivity contribution is -0.130. The number of carbonyl (C=O) groups is 1. The van der Waals surface area contributed by atoms with E-state index in [2.05, 4.69) is 20.2 Å². The van der Waals surface area contributed by atoms with Gasteiger partial charge in [-0.25, -0.2) is 15.0 Å². The third-order valence-electron chi connectivity index (χ3n) is 4.48. The number of hydrogen-bond acceptors (Lipinski definition) is 7. The Labute approximate surface area is 158 Å². The number of nitrogens with one attached hydrogen (secondary N) is 1. The highest BCUT2D eigenvalue weighted by Crippen LogP contribution is 2.30. The molecule has 0 saturated carbocycles. The average molecular weight is 375 g/mol. The highest BCUT2D eigenvalue weighted by Gasteiger charge is 2.28. The Morgan fingerprint density at radius 3 is 2.85 bits per heavy atom. The molecule has 0 aliphatic carbocycles. The van der Waals surface area contributed by atoms with Crippen LogP contribution in [0.4, 0.5) is 10.9 Å². The first kappa shape index (κ1) is 18.7. The lowest BCUT2D eigenvalue weighted by Crippen LogP contribution is -2.41. The largest absolute Gasteiger partial charge is 0.348 e. The van der Waals surface area contributed by atoms with Gasteiger partial charge < -0.3 is 10.2 Å². The molecule has 0 aromatic carbocycles. The Morgan fingerprint density at radius 2 is 2.15 bits per heavy atom. The van der Waals surface area contributed by atoms with Crippen molar-refractivity contribution < 1.29 is 4.79 Å². The van der Waals surface area contributed by atoms with Gasteiger partial charge in [-0.1, -0.05) is 6.42 Å². The number of amides is 1. The molecule has 1 amide bonds. The molecule has 1 fully saturated rings. The van der Waals surface area contributed by atoms with Crippen LogP contribution in [-0.2, 0) is 4.79 Å². The summed E-state index contributed by atoms with van der Waals surface area (Å²) in [4.78, 5) is 30.9. The number of nitrogens with zero attached hydrogens (tertiary/aromatic N) is 5. The van der Waals surface area contributed by atoms with Gasteiger partial charge in [-0.2, -0.15) is 0 Å². The molecule has 26 heavy (non-hydrogen) atoms. The minimum absolute atomic E-state index is 0.0751. The molecule has 140 valence electrons. The Morgan fingerprint density at radius 1 is 1.35 bits per heavy atom. The smallest absolute Gasteiger partial charge is 0.236 e. The SMILES string of the molecule is Cc1cc(Nc2ncc(C)s2)nc(C2CCCCN2CC(=O)N(C)C)n1. The molecular formula is C18H26N6OS. The molecular weight excluding hydrogens is 348 g/mol. The standard InChI is InChI=1S/C18H26N6OS/c1-12-9-15(22-18-19-10-13(2)26-18)21-17(20-12)14-7-5-6-8-24(14)11-16(25)23(3)4/h9-10,14H,5-8,11H2,1-4H3,(H,19,20,21,22). The molecule has 1 N–H and O–H groups in total. The predicted octanol–water partition coefficient (Wildman–Crippen LogP) is 2.91. The monoisotopic (exact) mass is 374 g/mol. The second kappa shape index (κ2) is 8.09. The van der Waals surface area contributed by atoms with E-state index in [9.17, 15) is 4.79 Å². The van der Waals surface area contributed by atoms with Crippen LogP contribution in [0.3, 0.4) is 0 Å². The summed E-state index contributed by atoms with van der Waals surface area (Å²) in [5.74, 6) is 1.65. The van der Waals surface area contributed by atoms with E-state index in [1.54, 1.807) is 30.3 Å². The summed E-state index contributed by atoms with van der Waals surface area (Å²) in [6, 6.07) is 2.00. The summed E-state index contributed by atoms with van der Waals surface area (Å²) in [5, 5.41) is 4.11. The van der Waals surface area contributed by atoms with E-state index >= 15 is 0 Å². The first-order chi connectivity index (χ1) is 12.4. The van der Waals surface area contributed by atoms with Gasteiger partial charge in [0.25, 0.3) is 0 Å². The van der Waals surface area contributed by atoms with Gasteiger partial charge in [0.2, 0.25) is 5.91 Å². The molecule has 1 atom stereocenters. The molecule has 2 aromatic heterocycles. The van der Waals surface area contributed by atoms with Crippen molar-refractivity contribution in [2.75, 3.05) is 32.5 Å². The summed E-state index contributed by atoms with van der Waals surface area (Å²) >= 11 is 1.60. The Hall–Kier alpha value is -2.06. The zero-order valence-electron chi connectivity index (χ0n) is 15.8. The number of likely N-dealkylation sites (tertiary alicyclic amines) is 1. The number of piperidine rings is 1. The third-order valence-corrected chi connectivity index (χ3v) is 5.30. The van der Waals surface area contributed by atoms with Crippen molar-refractivity contribution in [1.29, 1.82) is 0 Å². The van der Waals surface area contributed by atoms with Crippen LogP contribution in [0.25, 0.3) is 0 Å². The summed E-state index contributed by atoms with van der Waals surface area (Å²) in [6.07, 6.45) is 5.05. The van der Waals surface area contributed by atoms with Gasteiger partial charge >= 0.3 is 0 Å². The molecule has 0 radical (unpaired) electrons. The Kier molecular flexibility index (Phi) is 5.83. The first-order valence-electron chi connectivity index (χ1n) is 8.91. The molecule has 3 heterocycles. The molecule has 2 aromatic rings. The van der Waals surface area contributed by atoms with Crippen LogP contribution >= 0.6 is 11.3 Å². The molecule has 8 heteroatoms. The quantitative estimate of drug-likeness (QED) is 0.867. The number of rotatable bonds is 5. The first-order valence-corrected chi connectivity index (χ1v) is 9.73. The summed E-state index contributed by atoms with van der Waals surface area (Å²) in [7, 11) is 3.59. The van der Waals surface area contributed by atoms with Crippen LogP contribution in [0.15, 0.2) is 12.3 Å². The van der Waals surface area contributed by atoms with Crippen molar-refractivity contribution >= 4 is 28.2 Å². The molecule has 3 rings (SSSR count). The van der Waals surface area contributed by atoms with Crippen LogP contribution < -0.4 is 5.32 Å². The number of aromatic nitrogens is 3. The highest BCUT2D eigenvalue weighted by molar-refractivity contribution is 7.15. The zero-order chi connectivity index (χ0) is 18.7. The van der Waals surface area contributed by atoms with Gasteiger partial charge in [-0.3, -0.25) is 9.69 Å². The number of aryl methyl sites for hydroxylation is 2. The van der Waals surface area contributed by atoms with Gasteiger partial charge in [-0.15, -0.1) is 11.3 Å². The lowest BCUT2D eigenvalue weighted by atomic mass is 10.0. The second-order valence-electron chi connectivity index (χ2n) is 6.92. The van der Waals surface area contributed by atoms with Crippen LogP contribution in [0.1, 0.15) is 41.7 Å². The number of thiazole rings is 1. The Balaban J connectivity index is 1.82. The normalized spacial score (nSPS) is 17.9. The maximum atomic E-state index is 12.2. The number of carbonyl (C=O) groups excluding carboxylic acids is 1. The summed E-state index contributed by atoms with van der Waals surface area (Å²) < 4.78 is 0. The van der Waals surface area contributed by atoms with E-state index in [0.717, 1.165) is 53.2 Å². The van der Waals surface area contributed by atoms with Crippen molar-refractivity contribution in [1.82, 2.24) is 24.8 Å². The van der Waals surface area contributed by atoms with Crippen LogP contribution in [0.2, 0.25) is 0 Å². The topological polar surface area (TPSA) is 74.2 Å². The van der Waals surface area contributed by atoms with E-state index in [-0.39, 0.29) is 11.9 Å². The van der Waals surface area contributed by atoms with E-state index in [1.807, 2.05) is 26.1 Å². The van der Waals surface area contributed by atoms with Gasteiger partial charge in [-0.05, 0) is 33.2 Å². The number of likely N-dealkylation sites (N-methyl/N-ethyl adjacent to an activating group) is 1. The fourth-order valence-electron chi connectivity index (χ4n) is 3.11. The number of anilines is 2. The molecule has 0 spiro atoms. The zero-order valence-corrected chi connectivity index (χ0v) is 16.6. The minimum atomic E-state index is 0.0751. The molecule has 1 aliphatic heterocycles. The van der Waals surface area contributed by atoms with E-state index in [1.165, 1.54) is 0 Å². The van der Waals surface area contributed by atoms with Crippen LogP contribution in [0, 0.1) is 13.8 Å². The fraction of sp³-hybridized carbons (Fsp3) is 0.556. The van der Waals surface area contributed by atoms with Crippen molar-refractivity contribution in [2.45, 2.75) is 39.2 Å². The van der Waals surface area contributed by atoms with Gasteiger partial charge in [0.15, 0.2) is 5.13 Å². The van der Waals surface area contributed by atoms with Crippen molar-refractivity contribution in [3.63, 3.8) is 0 Å². The molecule has 1 saturated heterocycles. The van der Waals surface area contributed by atoms with E-state index < -0.39 is 0 Å². The van der Waals surface area contributed by atoms with Crippen molar-refractivity contribution in [2.24, 2.45) is 0 Å². The highest BCUT2D eigenvalue weighted by atomic mass is 32.1. The molecule has 0 bridgehead atoms. The molecule has 1 aliphatic rings. The fourth-order valence-corrected chi connectivity index (χ4v) is 3.79. The predicted molar refractivity (Wildman–Crippen MR) is 104 cm³/mol. The van der Waals surface area contributed by atoms with Crippen molar-refractivity contribution in [3.8, 4) is 0 Å². The average Bonchev–Trinajstić information content (AvgIpc) is 2.99. The van der Waals surface area contributed by atoms with Gasteiger partial charge in [0, 0.05) is 36.9 Å². The summed E-state index contributed by atoms with van der Waals surface area (Å²) in [6.45, 7) is 5.31.